The van der Waals surface area contributed by atoms with E-state index in [1.54, 1.807) is 0 Å². The Balaban J connectivity index is 0.859. The van der Waals surface area contributed by atoms with Crippen molar-refractivity contribution in [2.75, 3.05) is 0 Å². The maximum Gasteiger partial charge on any atom is 0.0538 e. The Morgan fingerprint density at radius 1 is 0.278 bits per heavy atom. The van der Waals surface area contributed by atoms with E-state index in [-0.39, 0.29) is 5.41 Å². The molecular formula is C78H59N. The molecule has 0 atom stereocenters. The highest BCUT2D eigenvalue weighted by molar-refractivity contribution is 6.22. The van der Waals surface area contributed by atoms with Crippen molar-refractivity contribution in [3.05, 3.63) is 290 Å². The van der Waals surface area contributed by atoms with Gasteiger partial charge in [-0.2, -0.15) is 0 Å². The van der Waals surface area contributed by atoms with Crippen molar-refractivity contribution < 1.29 is 0 Å². The summed E-state index contributed by atoms with van der Waals surface area (Å²) in [7, 11) is 0. The van der Waals surface area contributed by atoms with Crippen LogP contribution in [-0.2, 0) is 6.42 Å². The van der Waals surface area contributed by atoms with Crippen molar-refractivity contribution in [2.45, 2.75) is 33.6 Å². The minimum atomic E-state index is 0.126. The Kier molecular flexibility index (Phi) is 12.0. The number of para-hydroxylation sites is 1. The van der Waals surface area contributed by atoms with Gasteiger partial charge in [-0.1, -0.05) is 269 Å². The molecule has 1 aliphatic carbocycles. The summed E-state index contributed by atoms with van der Waals surface area (Å²) in [5.41, 5.74) is 26.3. The third kappa shape index (κ3) is 8.88. The van der Waals surface area contributed by atoms with E-state index in [0.29, 0.717) is 0 Å². The van der Waals surface area contributed by atoms with Gasteiger partial charge in [-0.05, 0) is 165 Å². The van der Waals surface area contributed by atoms with Crippen LogP contribution >= 0.6 is 0 Å². The normalized spacial score (nSPS) is 12.5. The molecule has 79 heavy (non-hydrogen) atoms. The zero-order valence-electron chi connectivity index (χ0n) is 44.9. The molecule has 12 aromatic carbocycles. The first-order valence-corrected chi connectivity index (χ1v) is 27.8. The van der Waals surface area contributed by atoms with Gasteiger partial charge in [0, 0.05) is 22.3 Å². The number of allylic oxidation sites excluding steroid dienone is 1. The average Bonchev–Trinajstić information content (AvgIpc) is 4.13. The second kappa shape index (κ2) is 19.8. The molecule has 376 valence electrons. The molecular weight excluding hydrogens is 951 g/mol. The molecule has 1 heterocycles. The lowest BCUT2D eigenvalue weighted by atomic mass is 9.79. The summed E-state index contributed by atoms with van der Waals surface area (Å²) in [5.74, 6) is 0. The van der Waals surface area contributed by atoms with Crippen LogP contribution in [0.15, 0.2) is 279 Å². The molecule has 1 nitrogen and oxygen atoms in total. The molecule has 0 aliphatic heterocycles. The molecule has 0 radical (unpaired) electrons. The topological polar surface area (TPSA) is 4.93 Å². The maximum atomic E-state index is 2.49. The number of nitrogens with zero attached hydrogens (tertiary/aromatic N) is 1. The first-order valence-electron chi connectivity index (χ1n) is 27.8. The van der Waals surface area contributed by atoms with Crippen LogP contribution in [0.5, 0.6) is 0 Å². The SMILES string of the molecule is CC(C)(C)C1=Cc2c(n(-c3ccccc3)c3ccc(-c4ccc(-c5ccc(-c6c7ccc(-c8ccccc8)cc7c(-c7ccc(-c8ccc(-c9ccccc9)cc8)cc7)c7ccc(-c8ccccc8)cc67)cc5)cc4)cc23)CC1. The Morgan fingerprint density at radius 3 is 1.00 bits per heavy atom. The molecule has 0 amide bonds. The second-order valence-corrected chi connectivity index (χ2v) is 22.4. The molecule has 0 spiro atoms. The van der Waals surface area contributed by atoms with Crippen molar-refractivity contribution in [2.24, 2.45) is 5.41 Å². The molecule has 1 heteroatoms. The van der Waals surface area contributed by atoms with Crippen LogP contribution in [0.3, 0.4) is 0 Å². The summed E-state index contributed by atoms with van der Waals surface area (Å²) >= 11 is 0. The summed E-state index contributed by atoms with van der Waals surface area (Å²) < 4.78 is 2.49. The highest BCUT2D eigenvalue weighted by atomic mass is 15.0. The molecule has 1 aromatic heterocycles. The van der Waals surface area contributed by atoms with E-state index in [0.717, 1.165) is 12.8 Å². The fourth-order valence-corrected chi connectivity index (χ4v) is 12.4. The molecule has 0 N–H and O–H groups in total. The van der Waals surface area contributed by atoms with Gasteiger partial charge in [0.15, 0.2) is 0 Å². The van der Waals surface area contributed by atoms with Gasteiger partial charge in [0.25, 0.3) is 0 Å². The van der Waals surface area contributed by atoms with Crippen LogP contribution in [0.4, 0.5) is 0 Å². The first-order chi connectivity index (χ1) is 38.8. The molecule has 0 bridgehead atoms. The molecule has 0 unspecified atom stereocenters. The molecule has 1 aliphatic rings. The van der Waals surface area contributed by atoms with Gasteiger partial charge in [0.1, 0.15) is 0 Å². The summed E-state index contributed by atoms with van der Waals surface area (Å²) in [6, 6.07) is 101. The van der Waals surface area contributed by atoms with Crippen molar-refractivity contribution in [1.82, 2.24) is 4.57 Å². The number of benzene rings is 12. The Hall–Kier alpha value is -9.56. The number of fused-ring (bicyclic) bond motifs is 5. The summed E-state index contributed by atoms with van der Waals surface area (Å²) in [6.45, 7) is 7.04. The van der Waals surface area contributed by atoms with Gasteiger partial charge >= 0.3 is 0 Å². The lowest BCUT2D eigenvalue weighted by Gasteiger charge is -2.27. The number of aromatic nitrogens is 1. The van der Waals surface area contributed by atoms with E-state index in [9.17, 15) is 0 Å². The third-order valence-electron chi connectivity index (χ3n) is 16.6. The standard InChI is InChI=1S/C78H59N/c1-78(2,3)66-43-47-75-71(51-66)70-48-65(42-46-74(70)79(75)67-22-14-7-15-23-67)60-30-28-57(29-31-60)59-34-38-62(39-35-59)77-69-45-41-63(53-18-10-5-11-19-53)49-72(69)76(68-44-40-64(50-73(68)77)54-20-12-6-13-21-54)61-36-32-58(33-37-61)56-26-24-55(25-27-56)52-16-8-4-9-17-52/h4-42,44-46,48-51H,43,47H2,1-3H3. The predicted octanol–water partition coefficient (Wildman–Crippen LogP) is 21.6. The van der Waals surface area contributed by atoms with E-state index in [1.165, 1.54) is 144 Å². The number of rotatable bonds is 9. The van der Waals surface area contributed by atoms with E-state index in [4.69, 9.17) is 0 Å². The highest BCUT2D eigenvalue weighted by Gasteiger charge is 2.27. The average molecular weight is 1010 g/mol. The lowest BCUT2D eigenvalue weighted by molar-refractivity contribution is 0.483. The van der Waals surface area contributed by atoms with Gasteiger partial charge in [-0.25, -0.2) is 0 Å². The Morgan fingerprint density at radius 2 is 0.595 bits per heavy atom. The number of hydrogen-bond acceptors (Lipinski definition) is 0. The largest absolute Gasteiger partial charge is 0.313 e. The van der Waals surface area contributed by atoms with Crippen LogP contribution in [0.2, 0.25) is 0 Å². The number of hydrogen-bond donors (Lipinski definition) is 0. The van der Waals surface area contributed by atoms with Crippen molar-refractivity contribution in [3.63, 3.8) is 0 Å². The van der Waals surface area contributed by atoms with Crippen LogP contribution < -0.4 is 0 Å². The maximum absolute atomic E-state index is 2.49. The third-order valence-corrected chi connectivity index (χ3v) is 16.6. The summed E-state index contributed by atoms with van der Waals surface area (Å²) in [4.78, 5) is 0. The molecule has 0 fully saturated rings. The van der Waals surface area contributed by atoms with Gasteiger partial charge in [0.2, 0.25) is 0 Å². The van der Waals surface area contributed by atoms with Crippen molar-refractivity contribution >= 4 is 38.5 Å². The second-order valence-electron chi connectivity index (χ2n) is 22.4. The fourth-order valence-electron chi connectivity index (χ4n) is 12.4. The van der Waals surface area contributed by atoms with E-state index < -0.39 is 0 Å². The van der Waals surface area contributed by atoms with Crippen LogP contribution in [0.1, 0.15) is 38.4 Å². The fraction of sp³-hybridized carbons (Fsp3) is 0.0769. The molecule has 14 rings (SSSR count). The lowest BCUT2D eigenvalue weighted by Crippen LogP contribution is -2.14. The molecule has 0 saturated carbocycles. The van der Waals surface area contributed by atoms with Crippen LogP contribution in [0, 0.1) is 5.41 Å². The molecule has 13 aromatic rings. The Bertz CT molecular complexity index is 4410. The van der Waals surface area contributed by atoms with Gasteiger partial charge in [-0.15, -0.1) is 0 Å². The highest BCUT2D eigenvalue weighted by Crippen LogP contribution is 2.47. The van der Waals surface area contributed by atoms with Crippen molar-refractivity contribution in [1.29, 1.82) is 0 Å². The van der Waals surface area contributed by atoms with Gasteiger partial charge < -0.3 is 4.57 Å². The van der Waals surface area contributed by atoms with E-state index >= 15 is 0 Å². The van der Waals surface area contributed by atoms with Crippen molar-refractivity contribution in [3.8, 4) is 94.7 Å². The van der Waals surface area contributed by atoms with Gasteiger partial charge in [0.05, 0.1) is 5.52 Å². The zero-order chi connectivity index (χ0) is 53.0. The van der Waals surface area contributed by atoms with Crippen LogP contribution in [0.25, 0.3) is 133 Å². The van der Waals surface area contributed by atoms with Gasteiger partial charge in [-0.3, -0.25) is 0 Å². The minimum absolute atomic E-state index is 0.126. The van der Waals surface area contributed by atoms with E-state index in [2.05, 4.69) is 304 Å². The summed E-state index contributed by atoms with van der Waals surface area (Å²) in [6.07, 6.45) is 4.61. The molecule has 0 saturated heterocycles. The predicted molar refractivity (Wildman–Crippen MR) is 338 cm³/mol. The summed E-state index contributed by atoms with van der Waals surface area (Å²) in [5, 5.41) is 6.24. The minimum Gasteiger partial charge on any atom is -0.313 e. The quantitative estimate of drug-likeness (QED) is 0.127. The van der Waals surface area contributed by atoms with Crippen LogP contribution in [-0.4, -0.2) is 4.57 Å². The monoisotopic (exact) mass is 1010 g/mol. The smallest absolute Gasteiger partial charge is 0.0538 e. The van der Waals surface area contributed by atoms with E-state index in [1.807, 2.05) is 0 Å². The first kappa shape index (κ1) is 47.9. The zero-order valence-corrected chi connectivity index (χ0v) is 44.9. The Labute approximate surface area is 464 Å².